The van der Waals surface area contributed by atoms with Crippen molar-refractivity contribution in [2.75, 3.05) is 0 Å². The number of carboxylic acid groups (broad SMARTS) is 1. The number of rotatable bonds is 11. The molecule has 6 nitrogen and oxygen atoms in total. The molecular weight excluding hydrogens is 438 g/mol. The first-order chi connectivity index (χ1) is 16.5. The molecule has 0 bridgehead atoms. The number of aryl methyl sites for hydroxylation is 2. The Labute approximate surface area is 209 Å². The third-order valence-corrected chi connectivity index (χ3v) is 7.63. The summed E-state index contributed by atoms with van der Waals surface area (Å²) >= 11 is 0. The van der Waals surface area contributed by atoms with Gasteiger partial charge in [-0.15, -0.1) is 5.10 Å². The van der Waals surface area contributed by atoms with E-state index in [-0.39, 0.29) is 18.1 Å². The summed E-state index contributed by atoms with van der Waals surface area (Å²) in [5, 5.41) is 18.6. The largest absolute Gasteiger partial charge is 0.481 e. The van der Waals surface area contributed by atoms with Gasteiger partial charge in [-0.2, -0.15) is 0 Å². The highest BCUT2D eigenvalue weighted by Gasteiger charge is 2.40. The van der Waals surface area contributed by atoms with Gasteiger partial charge in [0.15, 0.2) is 0 Å². The van der Waals surface area contributed by atoms with Gasteiger partial charge in [-0.05, 0) is 74.8 Å². The van der Waals surface area contributed by atoms with E-state index in [0.717, 1.165) is 48.4 Å². The summed E-state index contributed by atoms with van der Waals surface area (Å²) in [6.45, 7) is 11.0. The molecule has 1 heterocycles. The third-order valence-electron chi connectivity index (χ3n) is 7.63. The lowest BCUT2D eigenvalue weighted by molar-refractivity contribution is -0.137. The topological polar surface area (TPSA) is 85.1 Å². The van der Waals surface area contributed by atoms with Crippen molar-refractivity contribution < 1.29 is 14.7 Å². The lowest BCUT2D eigenvalue weighted by atomic mass is 9.71. The summed E-state index contributed by atoms with van der Waals surface area (Å²) in [6, 6.07) is 6.56. The maximum atomic E-state index is 13.2. The Morgan fingerprint density at radius 3 is 2.49 bits per heavy atom. The third kappa shape index (κ3) is 6.59. The van der Waals surface area contributed by atoms with Gasteiger partial charge in [0.2, 0.25) is 0 Å². The second kappa shape index (κ2) is 10.2. The quantitative estimate of drug-likeness (QED) is 0.408. The molecule has 1 atom stereocenters. The van der Waals surface area contributed by atoms with E-state index in [4.69, 9.17) is 0 Å². The Bertz CT molecular complexity index is 1070. The van der Waals surface area contributed by atoms with Gasteiger partial charge in [0.05, 0.1) is 17.4 Å². The lowest BCUT2D eigenvalue weighted by Crippen LogP contribution is -2.31. The van der Waals surface area contributed by atoms with Gasteiger partial charge in [0.25, 0.3) is 0 Å². The number of nitrogens with zero attached hydrogens (tertiary/aromatic N) is 3. The number of Topliss-reactive ketones (excluding diaryl/α,β-unsaturated/α-hetero) is 1. The number of hydrogen-bond acceptors (Lipinski definition) is 4. The Morgan fingerprint density at radius 1 is 1.17 bits per heavy atom. The highest BCUT2D eigenvalue weighted by atomic mass is 16.4. The van der Waals surface area contributed by atoms with Crippen LogP contribution < -0.4 is 0 Å². The number of ketones is 1. The van der Waals surface area contributed by atoms with Crippen LogP contribution in [0.25, 0.3) is 0 Å². The van der Waals surface area contributed by atoms with E-state index >= 15 is 0 Å². The summed E-state index contributed by atoms with van der Waals surface area (Å²) < 4.78 is 2.15. The molecule has 0 saturated heterocycles. The Kier molecular flexibility index (Phi) is 7.48. The zero-order valence-electron chi connectivity index (χ0n) is 22.0. The minimum atomic E-state index is -0.832. The number of carboxylic acids is 1. The van der Waals surface area contributed by atoms with Crippen LogP contribution in [0.5, 0.6) is 0 Å². The molecule has 2 aliphatic carbocycles. The maximum absolute atomic E-state index is 13.2. The van der Waals surface area contributed by atoms with Crippen molar-refractivity contribution >= 4 is 11.8 Å². The molecule has 35 heavy (non-hydrogen) atoms. The first-order valence-corrected chi connectivity index (χ1v) is 13.2. The SMILES string of the molecule is Cc1ccc(CC(=O)C[C@@H](CCC(=O)O)c2nnn(C3CC(CC(C)(C)C)C3)c2C2CC2)c(C)c1. The van der Waals surface area contributed by atoms with Crippen LogP contribution >= 0.6 is 0 Å². The van der Waals surface area contributed by atoms with Crippen molar-refractivity contribution in [2.24, 2.45) is 11.3 Å². The summed E-state index contributed by atoms with van der Waals surface area (Å²) in [5.74, 6) is 0.281. The zero-order valence-corrected chi connectivity index (χ0v) is 22.0. The number of aromatic nitrogens is 3. The van der Waals surface area contributed by atoms with Crippen molar-refractivity contribution in [2.45, 2.75) is 110 Å². The molecule has 4 rings (SSSR count). The molecule has 0 aliphatic heterocycles. The van der Waals surface area contributed by atoms with Crippen LogP contribution in [0, 0.1) is 25.2 Å². The molecule has 2 aliphatic rings. The predicted octanol–water partition coefficient (Wildman–Crippen LogP) is 6.31. The summed E-state index contributed by atoms with van der Waals surface area (Å²) in [5.41, 5.74) is 5.74. The highest BCUT2D eigenvalue weighted by Crippen LogP contribution is 2.49. The van der Waals surface area contributed by atoms with E-state index in [9.17, 15) is 14.7 Å². The normalized spacial score (nSPS) is 20.9. The van der Waals surface area contributed by atoms with Crippen molar-refractivity contribution in [1.82, 2.24) is 15.0 Å². The van der Waals surface area contributed by atoms with Crippen LogP contribution in [-0.4, -0.2) is 31.9 Å². The summed E-state index contributed by atoms with van der Waals surface area (Å²) in [4.78, 5) is 24.6. The fourth-order valence-corrected chi connectivity index (χ4v) is 5.80. The van der Waals surface area contributed by atoms with E-state index in [1.165, 1.54) is 17.7 Å². The minimum absolute atomic E-state index is 0.0373. The van der Waals surface area contributed by atoms with Crippen LogP contribution in [0.2, 0.25) is 0 Å². The Hall–Kier alpha value is -2.50. The second-order valence-electron chi connectivity index (χ2n) is 12.3. The van der Waals surface area contributed by atoms with Crippen LogP contribution in [0.15, 0.2) is 18.2 Å². The Morgan fingerprint density at radius 2 is 1.89 bits per heavy atom. The van der Waals surface area contributed by atoms with E-state index < -0.39 is 5.97 Å². The number of benzene rings is 1. The van der Waals surface area contributed by atoms with Gasteiger partial charge in [0.1, 0.15) is 5.78 Å². The molecule has 2 saturated carbocycles. The van der Waals surface area contributed by atoms with Gasteiger partial charge < -0.3 is 5.11 Å². The monoisotopic (exact) mass is 479 g/mol. The molecule has 2 aromatic rings. The molecule has 1 aromatic carbocycles. The van der Waals surface area contributed by atoms with E-state index in [2.05, 4.69) is 48.8 Å². The van der Waals surface area contributed by atoms with Crippen LogP contribution in [0.1, 0.15) is 118 Å². The lowest BCUT2D eigenvalue weighted by Gasteiger charge is -2.39. The van der Waals surface area contributed by atoms with Crippen molar-refractivity contribution in [3.8, 4) is 0 Å². The van der Waals surface area contributed by atoms with Gasteiger partial charge in [-0.1, -0.05) is 49.7 Å². The molecular formula is C29H41N3O3. The zero-order chi connectivity index (χ0) is 25.3. The average molecular weight is 480 g/mol. The van der Waals surface area contributed by atoms with Crippen molar-refractivity contribution in [3.05, 3.63) is 46.3 Å². The first kappa shape index (κ1) is 25.6. The highest BCUT2D eigenvalue weighted by molar-refractivity contribution is 5.82. The van der Waals surface area contributed by atoms with Crippen molar-refractivity contribution in [1.29, 1.82) is 0 Å². The van der Waals surface area contributed by atoms with Gasteiger partial charge in [0, 0.05) is 31.1 Å². The molecule has 0 radical (unpaired) electrons. The fraction of sp³-hybridized carbons (Fsp3) is 0.655. The Balaban J connectivity index is 1.51. The predicted molar refractivity (Wildman–Crippen MR) is 137 cm³/mol. The summed E-state index contributed by atoms with van der Waals surface area (Å²) in [7, 11) is 0. The van der Waals surface area contributed by atoms with Crippen LogP contribution in [0.4, 0.5) is 0 Å². The number of carbonyl (C=O) groups excluding carboxylic acids is 1. The molecule has 1 N–H and O–H groups in total. The molecule has 0 spiro atoms. The molecule has 1 aromatic heterocycles. The first-order valence-electron chi connectivity index (χ1n) is 13.2. The fourth-order valence-electron chi connectivity index (χ4n) is 5.80. The number of carbonyl (C=O) groups is 2. The minimum Gasteiger partial charge on any atom is -0.481 e. The maximum Gasteiger partial charge on any atom is 0.303 e. The van der Waals surface area contributed by atoms with Gasteiger partial charge in [-0.25, -0.2) is 4.68 Å². The van der Waals surface area contributed by atoms with Crippen molar-refractivity contribution in [3.63, 3.8) is 0 Å². The average Bonchev–Trinajstić information content (AvgIpc) is 3.47. The smallest absolute Gasteiger partial charge is 0.303 e. The second-order valence-corrected chi connectivity index (χ2v) is 12.3. The van der Waals surface area contributed by atoms with E-state index in [1.54, 1.807) is 0 Å². The molecule has 0 amide bonds. The number of hydrogen-bond donors (Lipinski definition) is 1. The standard InChI is InChI=1S/C29H41N3O3/c1-18-6-7-22(19(2)12-18)15-25(33)16-23(10-11-26(34)35)27-28(21-8-9-21)32(31-30-27)24-13-20(14-24)17-29(3,4)5/h6-7,12,20-21,23-24H,8-11,13-17H2,1-5H3,(H,34,35)/t20?,23-,24?/m1/s1. The molecule has 190 valence electrons. The molecule has 2 fully saturated rings. The number of aliphatic carboxylic acids is 1. The van der Waals surface area contributed by atoms with E-state index in [1.807, 2.05) is 19.1 Å². The molecule has 0 unspecified atom stereocenters. The van der Waals surface area contributed by atoms with Gasteiger partial charge >= 0.3 is 5.97 Å². The van der Waals surface area contributed by atoms with E-state index in [0.29, 0.717) is 36.6 Å². The summed E-state index contributed by atoms with van der Waals surface area (Å²) in [6.07, 6.45) is 6.88. The van der Waals surface area contributed by atoms with Crippen LogP contribution in [-0.2, 0) is 16.0 Å². The molecule has 6 heteroatoms. The van der Waals surface area contributed by atoms with Gasteiger partial charge in [-0.3, -0.25) is 9.59 Å². The van der Waals surface area contributed by atoms with Crippen LogP contribution in [0.3, 0.4) is 0 Å².